The lowest BCUT2D eigenvalue weighted by Crippen LogP contribution is -2.40. The quantitative estimate of drug-likeness (QED) is 0.592. The Labute approximate surface area is 92.6 Å². The van der Waals surface area contributed by atoms with Crippen molar-refractivity contribution in [1.29, 1.82) is 0 Å². The summed E-state index contributed by atoms with van der Waals surface area (Å²) in [5.74, 6) is 1.33. The maximum atomic E-state index is 12.3. The number of carbonyl (C=O) groups is 1. The van der Waals surface area contributed by atoms with Crippen LogP contribution in [0.15, 0.2) is 0 Å². The van der Waals surface area contributed by atoms with Gasteiger partial charge < -0.3 is 0 Å². The van der Waals surface area contributed by atoms with Gasteiger partial charge in [0.1, 0.15) is 5.78 Å². The number of carbonyl (C=O) groups excluding carboxylic acids is 1. The summed E-state index contributed by atoms with van der Waals surface area (Å²) in [6.45, 7) is 6.84. The molecule has 0 N–H and O–H groups in total. The topological polar surface area (TPSA) is 17.1 Å². The summed E-state index contributed by atoms with van der Waals surface area (Å²) in [5.41, 5.74) is 0.762. The van der Waals surface area contributed by atoms with Gasteiger partial charge in [-0.15, -0.1) is 0 Å². The van der Waals surface area contributed by atoms with Crippen LogP contribution >= 0.6 is 0 Å². The first-order valence-electron chi connectivity index (χ1n) is 6.50. The summed E-state index contributed by atoms with van der Waals surface area (Å²) in [6.07, 6.45) is 7.56. The minimum absolute atomic E-state index is 0.0335. The van der Waals surface area contributed by atoms with Gasteiger partial charge in [-0.1, -0.05) is 27.2 Å². The van der Waals surface area contributed by atoms with Crippen molar-refractivity contribution in [3.8, 4) is 0 Å². The Morgan fingerprint density at radius 1 is 1.20 bits per heavy atom. The zero-order valence-electron chi connectivity index (χ0n) is 10.2. The summed E-state index contributed by atoms with van der Waals surface area (Å²) in [7, 11) is 0. The van der Waals surface area contributed by atoms with Gasteiger partial charge >= 0.3 is 0 Å². The van der Waals surface area contributed by atoms with Crippen molar-refractivity contribution in [3.05, 3.63) is 0 Å². The van der Waals surface area contributed by atoms with E-state index in [0.29, 0.717) is 16.6 Å². The molecule has 0 amide bonds. The summed E-state index contributed by atoms with van der Waals surface area (Å²) in [6, 6.07) is 0. The van der Waals surface area contributed by atoms with Gasteiger partial charge in [-0.2, -0.15) is 0 Å². The highest BCUT2D eigenvalue weighted by Gasteiger charge is 2.72. The minimum atomic E-state index is -0.0335. The first kappa shape index (κ1) is 9.86. The van der Waals surface area contributed by atoms with Crippen LogP contribution in [0.3, 0.4) is 0 Å². The van der Waals surface area contributed by atoms with Crippen molar-refractivity contribution in [3.63, 3.8) is 0 Å². The van der Waals surface area contributed by atoms with E-state index >= 15 is 0 Å². The predicted octanol–water partition coefficient (Wildman–Crippen LogP) is 3.57. The monoisotopic (exact) mass is 206 g/mol. The molecule has 3 rings (SSSR count). The van der Waals surface area contributed by atoms with E-state index < -0.39 is 0 Å². The van der Waals surface area contributed by atoms with Crippen LogP contribution in [0.1, 0.15) is 59.3 Å². The fourth-order valence-corrected chi connectivity index (χ4v) is 5.48. The summed E-state index contributed by atoms with van der Waals surface area (Å²) in [5, 5.41) is 0. The standard InChI is InChI=1S/C14H22O/c1-10-5-8-14-7-4-6-13(10,14)9-11(15)12(14,2)3/h10H,4-9H2,1-3H3/t10-,13-,14-/m0/s1. The van der Waals surface area contributed by atoms with Crippen molar-refractivity contribution in [2.24, 2.45) is 22.2 Å². The molecule has 3 aliphatic carbocycles. The van der Waals surface area contributed by atoms with Crippen molar-refractivity contribution in [2.45, 2.75) is 59.3 Å². The Morgan fingerprint density at radius 3 is 2.60 bits per heavy atom. The van der Waals surface area contributed by atoms with Crippen LogP contribution in [0, 0.1) is 22.2 Å². The molecule has 0 radical (unpaired) electrons. The van der Waals surface area contributed by atoms with Crippen LogP contribution in [0.2, 0.25) is 0 Å². The third-order valence-corrected chi connectivity index (χ3v) is 6.50. The van der Waals surface area contributed by atoms with E-state index in [0.717, 1.165) is 12.3 Å². The predicted molar refractivity (Wildman–Crippen MR) is 60.5 cm³/mol. The molecular formula is C14H22O. The van der Waals surface area contributed by atoms with Gasteiger partial charge in [0.15, 0.2) is 0 Å². The second-order valence-corrected chi connectivity index (χ2v) is 6.76. The third kappa shape index (κ3) is 0.786. The Hall–Kier alpha value is -0.330. The van der Waals surface area contributed by atoms with Crippen molar-refractivity contribution < 1.29 is 4.79 Å². The van der Waals surface area contributed by atoms with Crippen LogP contribution < -0.4 is 0 Å². The first-order chi connectivity index (χ1) is 6.96. The van der Waals surface area contributed by atoms with Crippen LogP contribution in [-0.2, 0) is 4.79 Å². The van der Waals surface area contributed by atoms with E-state index in [1.807, 2.05) is 0 Å². The van der Waals surface area contributed by atoms with Crippen LogP contribution in [0.5, 0.6) is 0 Å². The van der Waals surface area contributed by atoms with Gasteiger partial charge in [0, 0.05) is 11.8 Å². The Balaban J connectivity index is 2.19. The fourth-order valence-electron chi connectivity index (χ4n) is 5.48. The average Bonchev–Trinajstić information content (AvgIpc) is 2.69. The lowest BCUT2D eigenvalue weighted by molar-refractivity contribution is -0.128. The molecule has 1 nitrogen and oxygen atoms in total. The lowest BCUT2D eigenvalue weighted by Gasteiger charge is -2.43. The Bertz CT molecular complexity index is 330. The summed E-state index contributed by atoms with van der Waals surface area (Å²) < 4.78 is 0. The molecule has 0 saturated heterocycles. The molecule has 0 aromatic carbocycles. The highest BCUT2D eigenvalue weighted by atomic mass is 16.1. The SMILES string of the molecule is C[C@H]1CC[C@]23CCC[C@]12CC(=O)C3(C)C. The van der Waals surface area contributed by atoms with Gasteiger partial charge in [0.05, 0.1) is 0 Å². The number of hydrogen-bond acceptors (Lipinski definition) is 1. The molecule has 0 aromatic heterocycles. The lowest BCUT2D eigenvalue weighted by atomic mass is 9.59. The number of rotatable bonds is 0. The zero-order chi connectivity index (χ0) is 10.9. The number of hydrogen-bond donors (Lipinski definition) is 0. The highest BCUT2D eigenvalue weighted by molar-refractivity contribution is 5.89. The normalized spacial score (nSPS) is 51.9. The number of Topliss-reactive ketones (excluding diaryl/α,β-unsaturated/α-hetero) is 1. The second kappa shape index (κ2) is 2.49. The van der Waals surface area contributed by atoms with Crippen molar-refractivity contribution >= 4 is 5.78 Å². The molecule has 1 heteroatoms. The highest BCUT2D eigenvalue weighted by Crippen LogP contribution is 2.77. The van der Waals surface area contributed by atoms with E-state index in [2.05, 4.69) is 20.8 Å². The van der Waals surface area contributed by atoms with E-state index in [-0.39, 0.29) is 5.41 Å². The summed E-state index contributed by atoms with van der Waals surface area (Å²) in [4.78, 5) is 12.3. The molecule has 0 heterocycles. The Morgan fingerprint density at radius 2 is 1.93 bits per heavy atom. The average molecular weight is 206 g/mol. The first-order valence-corrected chi connectivity index (χ1v) is 6.50. The molecule has 0 unspecified atom stereocenters. The molecule has 3 atom stereocenters. The van der Waals surface area contributed by atoms with Crippen LogP contribution in [0.4, 0.5) is 0 Å². The van der Waals surface area contributed by atoms with E-state index in [4.69, 9.17) is 0 Å². The molecule has 0 aromatic rings. The molecule has 3 saturated carbocycles. The van der Waals surface area contributed by atoms with E-state index in [9.17, 15) is 4.79 Å². The molecule has 0 bridgehead atoms. The summed E-state index contributed by atoms with van der Waals surface area (Å²) >= 11 is 0. The molecule has 0 aliphatic heterocycles. The fraction of sp³-hybridized carbons (Fsp3) is 0.929. The minimum Gasteiger partial charge on any atom is -0.299 e. The van der Waals surface area contributed by atoms with Gasteiger partial charge in [0.2, 0.25) is 0 Å². The van der Waals surface area contributed by atoms with Crippen molar-refractivity contribution in [1.82, 2.24) is 0 Å². The molecule has 0 spiro atoms. The molecule has 3 fully saturated rings. The van der Waals surface area contributed by atoms with Gasteiger partial charge in [-0.25, -0.2) is 0 Å². The van der Waals surface area contributed by atoms with Gasteiger partial charge in [-0.05, 0) is 42.4 Å². The third-order valence-electron chi connectivity index (χ3n) is 6.50. The smallest absolute Gasteiger partial charge is 0.139 e. The van der Waals surface area contributed by atoms with Crippen LogP contribution in [0.25, 0.3) is 0 Å². The van der Waals surface area contributed by atoms with E-state index in [1.54, 1.807) is 0 Å². The van der Waals surface area contributed by atoms with Gasteiger partial charge in [0.25, 0.3) is 0 Å². The largest absolute Gasteiger partial charge is 0.299 e. The Kier molecular flexibility index (Phi) is 1.64. The van der Waals surface area contributed by atoms with Crippen molar-refractivity contribution in [2.75, 3.05) is 0 Å². The zero-order valence-corrected chi connectivity index (χ0v) is 10.2. The van der Waals surface area contributed by atoms with Crippen LogP contribution in [-0.4, -0.2) is 5.78 Å². The molecule has 3 aliphatic rings. The maximum absolute atomic E-state index is 12.3. The van der Waals surface area contributed by atoms with E-state index in [1.165, 1.54) is 32.1 Å². The molecule has 84 valence electrons. The number of ketones is 1. The molecule has 15 heavy (non-hydrogen) atoms. The second-order valence-electron chi connectivity index (χ2n) is 6.76. The maximum Gasteiger partial charge on any atom is 0.139 e. The molecular weight excluding hydrogens is 184 g/mol. The van der Waals surface area contributed by atoms with Gasteiger partial charge in [-0.3, -0.25) is 4.79 Å².